The number of hydrogen-bond acceptors (Lipinski definition) is 5. The van der Waals surface area contributed by atoms with Gasteiger partial charge in [0.1, 0.15) is 22.9 Å². The molecule has 4 aromatic rings. The van der Waals surface area contributed by atoms with Gasteiger partial charge < -0.3 is 19.2 Å². The maximum Gasteiger partial charge on any atom is 0.433 e. The average Bonchev–Trinajstić information content (AvgIpc) is 3.36. The summed E-state index contributed by atoms with van der Waals surface area (Å²) in [5, 5.41) is 2.48. The van der Waals surface area contributed by atoms with Crippen LogP contribution in [-0.4, -0.2) is 33.0 Å². The number of carbonyl (C=O) groups is 1. The van der Waals surface area contributed by atoms with Crippen molar-refractivity contribution in [1.82, 2.24) is 14.4 Å². The van der Waals surface area contributed by atoms with E-state index in [4.69, 9.17) is 14.5 Å². The number of fused-ring (bicyclic) bond motifs is 1. The first-order valence-corrected chi connectivity index (χ1v) is 13.8. The summed E-state index contributed by atoms with van der Waals surface area (Å²) in [5.41, 5.74) is 1.85. The Balaban J connectivity index is 1.27. The number of halogens is 3. The van der Waals surface area contributed by atoms with Crippen LogP contribution in [0.2, 0.25) is 0 Å². The lowest BCUT2D eigenvalue weighted by Crippen LogP contribution is -2.18. The van der Waals surface area contributed by atoms with Gasteiger partial charge in [-0.05, 0) is 63.1 Å². The molecule has 216 valence electrons. The fourth-order valence-corrected chi connectivity index (χ4v) is 5.14. The molecule has 1 saturated carbocycles. The topological polar surface area (TPSA) is 77.8 Å². The van der Waals surface area contributed by atoms with Crippen LogP contribution < -0.4 is 10.1 Å². The molecule has 41 heavy (non-hydrogen) atoms. The quantitative estimate of drug-likeness (QED) is 0.230. The monoisotopic (exact) mass is 566 g/mol. The summed E-state index contributed by atoms with van der Waals surface area (Å²) in [7, 11) is 0. The number of amides is 1. The number of benzene rings is 1. The van der Waals surface area contributed by atoms with Crippen molar-refractivity contribution < 1.29 is 27.4 Å². The zero-order valence-corrected chi connectivity index (χ0v) is 23.0. The van der Waals surface area contributed by atoms with E-state index in [9.17, 15) is 18.0 Å². The molecule has 0 bridgehead atoms. The van der Waals surface area contributed by atoms with Gasteiger partial charge in [0, 0.05) is 31.0 Å². The van der Waals surface area contributed by atoms with E-state index in [1.54, 1.807) is 16.7 Å². The molecular weight excluding hydrogens is 533 g/mol. The van der Waals surface area contributed by atoms with Gasteiger partial charge >= 0.3 is 6.18 Å². The van der Waals surface area contributed by atoms with Gasteiger partial charge in [0.15, 0.2) is 0 Å². The fourth-order valence-electron chi connectivity index (χ4n) is 5.14. The van der Waals surface area contributed by atoms with Gasteiger partial charge in [-0.15, -0.1) is 0 Å². The zero-order valence-electron chi connectivity index (χ0n) is 23.0. The van der Waals surface area contributed by atoms with E-state index in [1.165, 1.54) is 17.7 Å². The highest BCUT2D eigenvalue weighted by molar-refractivity contribution is 6.05. The molecule has 5 rings (SSSR count). The fraction of sp³-hybridized carbons (Fsp3) is 0.387. The molecule has 10 heteroatoms. The Bertz CT molecular complexity index is 1480. The number of alkyl halides is 3. The normalized spacial score (nSPS) is 17.6. The molecule has 7 nitrogen and oxygen atoms in total. The van der Waals surface area contributed by atoms with E-state index < -0.39 is 17.8 Å². The van der Waals surface area contributed by atoms with Crippen molar-refractivity contribution in [3.63, 3.8) is 0 Å². The Hall–Kier alpha value is -3.92. The number of aromatic nitrogens is 3. The highest BCUT2D eigenvalue weighted by atomic mass is 19.4. The first-order valence-electron chi connectivity index (χ1n) is 13.8. The van der Waals surface area contributed by atoms with Crippen LogP contribution in [0.15, 0.2) is 67.0 Å². The molecular formula is C31H33F3N4O3. The van der Waals surface area contributed by atoms with Gasteiger partial charge in [-0.2, -0.15) is 13.2 Å². The lowest BCUT2D eigenvalue weighted by molar-refractivity contribution is -0.141. The van der Waals surface area contributed by atoms with Crippen molar-refractivity contribution in [1.29, 1.82) is 0 Å². The minimum absolute atomic E-state index is 0.175. The zero-order chi connectivity index (χ0) is 29.0. The molecule has 1 aliphatic carbocycles. The number of nitrogens with one attached hydrogen (secondary N) is 1. The van der Waals surface area contributed by atoms with E-state index in [0.29, 0.717) is 29.8 Å². The molecule has 0 unspecified atom stereocenters. The molecule has 1 aliphatic rings. The van der Waals surface area contributed by atoms with Crippen molar-refractivity contribution in [2.24, 2.45) is 5.92 Å². The molecule has 1 fully saturated rings. The first kappa shape index (κ1) is 28.6. The van der Waals surface area contributed by atoms with Crippen molar-refractivity contribution in [3.8, 4) is 5.75 Å². The number of imidazole rings is 1. The van der Waals surface area contributed by atoms with E-state index >= 15 is 0 Å². The lowest BCUT2D eigenvalue weighted by atomic mass is 9.81. The minimum Gasteiger partial charge on any atom is -0.490 e. The summed E-state index contributed by atoms with van der Waals surface area (Å²) in [6, 6.07) is 15.2. The summed E-state index contributed by atoms with van der Waals surface area (Å²) in [6.07, 6.45) is 2.76. The van der Waals surface area contributed by atoms with E-state index in [2.05, 4.69) is 22.4 Å². The molecule has 1 aromatic carbocycles. The largest absolute Gasteiger partial charge is 0.490 e. The second kappa shape index (κ2) is 12.3. The molecule has 3 heterocycles. The number of carbonyl (C=O) groups excluding carboxylic acids is 1. The lowest BCUT2D eigenvalue weighted by Gasteiger charge is -2.27. The van der Waals surface area contributed by atoms with Crippen LogP contribution in [0, 0.1) is 5.92 Å². The molecule has 0 radical (unpaired) electrons. The SMILES string of the molecule is CC(C)Oc1cc2nc([C@H]3CC[C@H](COCc4ccccc4)CC3)cn2cc1C(=O)Nc1cccc(C(F)(F)F)n1. The Labute approximate surface area is 236 Å². The van der Waals surface area contributed by atoms with Gasteiger partial charge in [0.25, 0.3) is 5.91 Å². The van der Waals surface area contributed by atoms with Gasteiger partial charge in [-0.3, -0.25) is 4.79 Å². The molecule has 1 N–H and O–H groups in total. The number of hydrogen-bond donors (Lipinski definition) is 1. The second-order valence-corrected chi connectivity index (χ2v) is 10.7. The highest BCUT2D eigenvalue weighted by Gasteiger charge is 2.32. The minimum atomic E-state index is -4.62. The Morgan fingerprint density at radius 1 is 1.02 bits per heavy atom. The Kier molecular flexibility index (Phi) is 8.58. The van der Waals surface area contributed by atoms with Gasteiger partial charge in [0.05, 0.1) is 24.0 Å². The number of anilines is 1. The smallest absolute Gasteiger partial charge is 0.433 e. The van der Waals surface area contributed by atoms with Crippen LogP contribution in [0.1, 0.15) is 72.8 Å². The summed E-state index contributed by atoms with van der Waals surface area (Å²) in [6.45, 7) is 5.02. The van der Waals surface area contributed by atoms with Crippen LogP contribution >= 0.6 is 0 Å². The highest BCUT2D eigenvalue weighted by Crippen LogP contribution is 2.36. The van der Waals surface area contributed by atoms with Gasteiger partial charge in [-0.25, -0.2) is 9.97 Å². The number of rotatable bonds is 9. The second-order valence-electron chi connectivity index (χ2n) is 10.7. The third-order valence-corrected chi connectivity index (χ3v) is 7.19. The van der Waals surface area contributed by atoms with Gasteiger partial charge in [-0.1, -0.05) is 36.4 Å². The maximum atomic E-state index is 13.2. The van der Waals surface area contributed by atoms with Crippen molar-refractivity contribution in [3.05, 3.63) is 89.5 Å². The predicted octanol–water partition coefficient (Wildman–Crippen LogP) is 7.28. The van der Waals surface area contributed by atoms with Crippen LogP contribution in [0.4, 0.5) is 19.0 Å². The average molecular weight is 567 g/mol. The van der Waals surface area contributed by atoms with E-state index in [1.807, 2.05) is 38.2 Å². The molecule has 0 aliphatic heterocycles. The molecule has 0 saturated heterocycles. The van der Waals surface area contributed by atoms with Crippen LogP contribution in [0.5, 0.6) is 5.75 Å². The summed E-state index contributed by atoms with van der Waals surface area (Å²) < 4.78 is 52.9. The van der Waals surface area contributed by atoms with Crippen LogP contribution in [-0.2, 0) is 17.5 Å². The third-order valence-electron chi connectivity index (χ3n) is 7.19. The number of nitrogens with zero attached hydrogens (tertiary/aromatic N) is 3. The van der Waals surface area contributed by atoms with Crippen molar-refractivity contribution >= 4 is 17.4 Å². The number of ether oxygens (including phenoxy) is 2. The molecule has 0 spiro atoms. The standard InChI is InChI=1S/C31H33F3N4O3/c1-20(2)41-26-15-29-35-25(23-13-11-22(12-14-23)19-40-18-21-7-4-3-5-8-21)17-38(29)16-24(26)30(39)37-28-10-6-9-27(36-28)31(32,33)34/h3-10,15-17,20,22-23H,11-14,18-19H2,1-2H3,(H,36,37,39)/t22-,23-. The maximum absolute atomic E-state index is 13.2. The number of pyridine rings is 2. The molecule has 3 aromatic heterocycles. The first-order chi connectivity index (χ1) is 19.7. The third kappa shape index (κ3) is 7.24. The summed E-state index contributed by atoms with van der Waals surface area (Å²) >= 11 is 0. The summed E-state index contributed by atoms with van der Waals surface area (Å²) in [5.74, 6) is 0.282. The van der Waals surface area contributed by atoms with Crippen LogP contribution in [0.25, 0.3) is 5.65 Å². The van der Waals surface area contributed by atoms with E-state index in [-0.39, 0.29) is 17.5 Å². The molecule has 0 atom stereocenters. The van der Waals surface area contributed by atoms with Crippen molar-refractivity contribution in [2.45, 2.75) is 64.3 Å². The Morgan fingerprint density at radius 2 is 1.78 bits per heavy atom. The predicted molar refractivity (Wildman–Crippen MR) is 149 cm³/mol. The molecule has 1 amide bonds. The summed E-state index contributed by atoms with van der Waals surface area (Å²) in [4.78, 5) is 21.6. The van der Waals surface area contributed by atoms with Crippen LogP contribution in [0.3, 0.4) is 0 Å². The van der Waals surface area contributed by atoms with Crippen molar-refractivity contribution in [2.75, 3.05) is 11.9 Å². The van der Waals surface area contributed by atoms with Gasteiger partial charge in [0.2, 0.25) is 0 Å². The Morgan fingerprint density at radius 3 is 2.49 bits per heavy atom. The van der Waals surface area contributed by atoms with E-state index in [0.717, 1.165) is 44.1 Å².